The Bertz CT molecular complexity index is 586. The Kier molecular flexibility index (Phi) is 5.64. The molecule has 0 bridgehead atoms. The summed E-state index contributed by atoms with van der Waals surface area (Å²) in [5, 5.41) is 0. The average Bonchev–Trinajstić information content (AvgIpc) is 2.41. The van der Waals surface area contributed by atoms with Crippen molar-refractivity contribution >= 4 is 31.9 Å². The minimum atomic E-state index is 0.837. The van der Waals surface area contributed by atoms with Crippen molar-refractivity contribution in [2.45, 2.75) is 13.1 Å². The monoisotopic (exact) mass is 397 g/mol. The number of hydrogen-bond acceptors (Lipinski definition) is 2. The van der Waals surface area contributed by atoms with Crippen LogP contribution in [0.3, 0.4) is 0 Å². The van der Waals surface area contributed by atoms with Gasteiger partial charge >= 0.3 is 0 Å². The number of halogens is 2. The first-order chi connectivity index (χ1) is 9.60. The van der Waals surface area contributed by atoms with Crippen molar-refractivity contribution in [3.05, 3.63) is 62.5 Å². The normalized spacial score (nSPS) is 10.8. The molecule has 0 unspecified atom stereocenters. The Morgan fingerprint density at radius 2 is 1.70 bits per heavy atom. The molecule has 0 radical (unpaired) electrons. The molecule has 0 aliphatic carbocycles. The minimum absolute atomic E-state index is 0.837. The Hall–Kier alpha value is -0.840. The zero-order valence-electron chi connectivity index (χ0n) is 11.6. The van der Waals surface area contributed by atoms with Crippen LogP contribution in [0.4, 0.5) is 0 Å². The van der Waals surface area contributed by atoms with E-state index in [9.17, 15) is 0 Å². The number of ether oxygens (including phenoxy) is 1. The van der Waals surface area contributed by atoms with Crippen molar-refractivity contribution in [1.82, 2.24) is 4.90 Å². The van der Waals surface area contributed by atoms with Gasteiger partial charge in [-0.2, -0.15) is 0 Å². The van der Waals surface area contributed by atoms with Gasteiger partial charge in [0, 0.05) is 27.6 Å². The van der Waals surface area contributed by atoms with Gasteiger partial charge in [-0.15, -0.1) is 0 Å². The lowest BCUT2D eigenvalue weighted by Gasteiger charge is -2.19. The van der Waals surface area contributed by atoms with Crippen LogP contribution >= 0.6 is 31.9 Å². The topological polar surface area (TPSA) is 12.5 Å². The van der Waals surface area contributed by atoms with Crippen LogP contribution in [0.1, 0.15) is 11.1 Å². The number of rotatable bonds is 5. The van der Waals surface area contributed by atoms with Crippen LogP contribution in [-0.2, 0) is 13.1 Å². The third kappa shape index (κ3) is 4.08. The number of benzene rings is 2. The zero-order chi connectivity index (χ0) is 14.5. The highest BCUT2D eigenvalue weighted by Gasteiger charge is 2.09. The maximum atomic E-state index is 5.42. The summed E-state index contributed by atoms with van der Waals surface area (Å²) in [7, 11) is 3.82. The van der Waals surface area contributed by atoms with Gasteiger partial charge in [0.25, 0.3) is 0 Å². The number of hydrogen-bond donors (Lipinski definition) is 0. The van der Waals surface area contributed by atoms with E-state index < -0.39 is 0 Å². The van der Waals surface area contributed by atoms with E-state index in [0.717, 1.165) is 27.8 Å². The maximum absolute atomic E-state index is 5.42. The SMILES string of the molecule is COc1ccc(Br)cc1CN(C)Cc1ccccc1Br. The van der Waals surface area contributed by atoms with Gasteiger partial charge in [-0.1, -0.05) is 50.1 Å². The van der Waals surface area contributed by atoms with E-state index in [-0.39, 0.29) is 0 Å². The lowest BCUT2D eigenvalue weighted by molar-refractivity contribution is 0.309. The molecule has 20 heavy (non-hydrogen) atoms. The van der Waals surface area contributed by atoms with Crippen LogP contribution in [0.15, 0.2) is 51.4 Å². The van der Waals surface area contributed by atoms with Crippen molar-refractivity contribution in [3.8, 4) is 5.75 Å². The van der Waals surface area contributed by atoms with E-state index in [2.05, 4.69) is 68.1 Å². The summed E-state index contributed by atoms with van der Waals surface area (Å²) >= 11 is 7.10. The molecular formula is C16H17Br2NO. The van der Waals surface area contributed by atoms with Crippen molar-refractivity contribution in [2.75, 3.05) is 14.2 Å². The summed E-state index contributed by atoms with van der Waals surface area (Å²) in [6, 6.07) is 14.4. The predicted octanol–water partition coefficient (Wildman–Crippen LogP) is 4.85. The second-order valence-corrected chi connectivity index (χ2v) is 6.49. The third-order valence-electron chi connectivity index (χ3n) is 3.08. The molecule has 0 amide bonds. The highest BCUT2D eigenvalue weighted by molar-refractivity contribution is 9.10. The molecule has 2 nitrogen and oxygen atoms in total. The molecule has 0 saturated heterocycles. The van der Waals surface area contributed by atoms with E-state index in [0.29, 0.717) is 0 Å². The van der Waals surface area contributed by atoms with Crippen LogP contribution in [0.5, 0.6) is 5.75 Å². The summed E-state index contributed by atoms with van der Waals surface area (Å²) in [4.78, 5) is 2.27. The largest absolute Gasteiger partial charge is 0.496 e. The molecule has 2 rings (SSSR count). The molecule has 0 spiro atoms. The molecule has 0 heterocycles. The van der Waals surface area contributed by atoms with Crippen LogP contribution in [0.25, 0.3) is 0 Å². The van der Waals surface area contributed by atoms with Gasteiger partial charge in [-0.05, 0) is 36.9 Å². The fraction of sp³-hybridized carbons (Fsp3) is 0.250. The van der Waals surface area contributed by atoms with E-state index >= 15 is 0 Å². The van der Waals surface area contributed by atoms with Crippen LogP contribution in [0, 0.1) is 0 Å². The van der Waals surface area contributed by atoms with Crippen molar-refractivity contribution in [1.29, 1.82) is 0 Å². The summed E-state index contributed by atoms with van der Waals surface area (Å²) in [5.41, 5.74) is 2.46. The van der Waals surface area contributed by atoms with Gasteiger partial charge in [0.1, 0.15) is 5.75 Å². The average molecular weight is 399 g/mol. The first kappa shape index (κ1) is 15.5. The molecular weight excluding hydrogens is 382 g/mol. The number of methoxy groups -OCH3 is 1. The molecule has 0 aliphatic rings. The highest BCUT2D eigenvalue weighted by Crippen LogP contribution is 2.25. The number of nitrogens with zero attached hydrogens (tertiary/aromatic N) is 1. The van der Waals surface area contributed by atoms with Crippen LogP contribution in [0.2, 0.25) is 0 Å². The molecule has 2 aromatic rings. The lowest BCUT2D eigenvalue weighted by atomic mass is 10.1. The standard InChI is InChI=1S/C16H17Br2NO/c1-19(10-12-5-3-4-6-15(12)18)11-13-9-14(17)7-8-16(13)20-2/h3-9H,10-11H2,1-2H3. The Morgan fingerprint density at radius 3 is 2.40 bits per heavy atom. The lowest BCUT2D eigenvalue weighted by Crippen LogP contribution is -2.18. The summed E-state index contributed by atoms with van der Waals surface area (Å²) in [6.45, 7) is 1.72. The molecule has 0 aliphatic heterocycles. The van der Waals surface area contributed by atoms with Crippen molar-refractivity contribution in [2.24, 2.45) is 0 Å². The molecule has 0 N–H and O–H groups in total. The van der Waals surface area contributed by atoms with Crippen molar-refractivity contribution < 1.29 is 4.74 Å². The smallest absolute Gasteiger partial charge is 0.123 e. The third-order valence-corrected chi connectivity index (χ3v) is 4.35. The Labute approximate surface area is 137 Å². The van der Waals surface area contributed by atoms with E-state index in [1.165, 1.54) is 11.1 Å². The zero-order valence-corrected chi connectivity index (χ0v) is 14.7. The fourth-order valence-electron chi connectivity index (χ4n) is 2.13. The molecule has 0 fully saturated rings. The van der Waals surface area contributed by atoms with E-state index in [4.69, 9.17) is 4.74 Å². The molecule has 106 valence electrons. The van der Waals surface area contributed by atoms with Crippen LogP contribution in [-0.4, -0.2) is 19.1 Å². The first-order valence-corrected chi connectivity index (χ1v) is 7.93. The molecule has 4 heteroatoms. The minimum Gasteiger partial charge on any atom is -0.496 e. The van der Waals surface area contributed by atoms with Crippen LogP contribution < -0.4 is 4.74 Å². The Morgan fingerprint density at radius 1 is 1.00 bits per heavy atom. The molecule has 2 aromatic carbocycles. The Balaban J connectivity index is 2.10. The van der Waals surface area contributed by atoms with Gasteiger partial charge in [0.15, 0.2) is 0 Å². The van der Waals surface area contributed by atoms with Gasteiger partial charge in [0.05, 0.1) is 7.11 Å². The molecule has 0 saturated carbocycles. The molecule has 0 atom stereocenters. The predicted molar refractivity (Wildman–Crippen MR) is 90.0 cm³/mol. The highest BCUT2D eigenvalue weighted by atomic mass is 79.9. The van der Waals surface area contributed by atoms with Crippen molar-refractivity contribution in [3.63, 3.8) is 0 Å². The quantitative estimate of drug-likeness (QED) is 0.713. The second-order valence-electron chi connectivity index (χ2n) is 4.72. The van der Waals surface area contributed by atoms with E-state index in [1.54, 1.807) is 7.11 Å². The second kappa shape index (κ2) is 7.25. The first-order valence-electron chi connectivity index (χ1n) is 6.34. The molecule has 0 aromatic heterocycles. The van der Waals surface area contributed by atoms with E-state index in [1.807, 2.05) is 18.2 Å². The van der Waals surface area contributed by atoms with Gasteiger partial charge in [-0.25, -0.2) is 0 Å². The summed E-state index contributed by atoms with van der Waals surface area (Å²) < 4.78 is 7.64. The van der Waals surface area contributed by atoms with Gasteiger partial charge in [-0.3, -0.25) is 4.90 Å². The van der Waals surface area contributed by atoms with Gasteiger partial charge < -0.3 is 4.74 Å². The summed E-state index contributed by atoms with van der Waals surface area (Å²) in [5.74, 6) is 0.923. The summed E-state index contributed by atoms with van der Waals surface area (Å²) in [6.07, 6.45) is 0. The fourth-order valence-corrected chi connectivity index (χ4v) is 2.95. The van der Waals surface area contributed by atoms with Gasteiger partial charge in [0.2, 0.25) is 0 Å². The maximum Gasteiger partial charge on any atom is 0.123 e.